The molecule has 1 rings (SSSR count). The van der Waals surface area contributed by atoms with Crippen LogP contribution in [0.4, 0.5) is 5.69 Å². The number of rotatable bonds is 2. The molecule has 1 N–H and O–H groups in total. The Hall–Kier alpha value is -1.64. The number of anilines is 1. The molecule has 1 aromatic rings. The maximum Gasteiger partial charge on any atom is 0.221 e. The summed E-state index contributed by atoms with van der Waals surface area (Å²) in [6.45, 7) is 3.41. The average molecular weight is 176 g/mol. The first kappa shape index (κ1) is 9.45. The molecule has 1 amide bonds. The van der Waals surface area contributed by atoms with Gasteiger partial charge in [-0.05, 0) is 25.1 Å². The molecule has 1 aromatic heterocycles. The number of hydrogen-bond donors (Lipinski definition) is 1. The van der Waals surface area contributed by atoms with E-state index in [0.717, 1.165) is 11.4 Å². The van der Waals surface area contributed by atoms with Crippen molar-refractivity contribution in [2.24, 2.45) is 0 Å². The molecule has 0 aliphatic heterocycles. The Kier molecular flexibility index (Phi) is 3.20. The molecule has 0 aliphatic rings. The van der Waals surface area contributed by atoms with Crippen LogP contribution in [0.5, 0.6) is 0 Å². The number of hydrogen-bond acceptors (Lipinski definition) is 2. The zero-order valence-corrected chi connectivity index (χ0v) is 7.74. The molecule has 0 saturated heterocycles. The van der Waals surface area contributed by atoms with Crippen LogP contribution in [0.2, 0.25) is 0 Å². The third kappa shape index (κ3) is 3.07. The number of amides is 1. The van der Waals surface area contributed by atoms with Crippen LogP contribution in [0.3, 0.4) is 0 Å². The van der Waals surface area contributed by atoms with Gasteiger partial charge in [-0.2, -0.15) is 0 Å². The van der Waals surface area contributed by atoms with Crippen molar-refractivity contribution >= 4 is 17.7 Å². The quantitative estimate of drug-likeness (QED) is 0.749. The van der Waals surface area contributed by atoms with Crippen molar-refractivity contribution in [3.05, 3.63) is 30.1 Å². The number of pyridine rings is 1. The number of nitrogens with zero attached hydrogens (tertiary/aromatic N) is 1. The van der Waals surface area contributed by atoms with E-state index in [4.69, 9.17) is 0 Å². The summed E-state index contributed by atoms with van der Waals surface area (Å²) >= 11 is 0. The van der Waals surface area contributed by atoms with Gasteiger partial charge in [0.2, 0.25) is 5.91 Å². The third-order valence-corrected chi connectivity index (χ3v) is 1.44. The van der Waals surface area contributed by atoms with Gasteiger partial charge in [-0.25, -0.2) is 0 Å². The number of aromatic nitrogens is 1. The third-order valence-electron chi connectivity index (χ3n) is 1.44. The van der Waals surface area contributed by atoms with Crippen molar-refractivity contribution in [3.63, 3.8) is 0 Å². The van der Waals surface area contributed by atoms with Crippen LogP contribution >= 0.6 is 0 Å². The van der Waals surface area contributed by atoms with Crippen molar-refractivity contribution < 1.29 is 4.79 Å². The summed E-state index contributed by atoms with van der Waals surface area (Å²) in [6.07, 6.45) is 5.45. The number of carbonyl (C=O) groups is 1. The highest BCUT2D eigenvalue weighted by Gasteiger charge is 1.94. The predicted molar refractivity (Wildman–Crippen MR) is 53.2 cm³/mol. The lowest BCUT2D eigenvalue weighted by Gasteiger charge is -2.00. The zero-order valence-electron chi connectivity index (χ0n) is 7.74. The molecule has 3 nitrogen and oxygen atoms in total. The topological polar surface area (TPSA) is 42.0 Å². The van der Waals surface area contributed by atoms with Gasteiger partial charge in [-0.15, -0.1) is 0 Å². The van der Waals surface area contributed by atoms with Crippen LogP contribution in [0.25, 0.3) is 6.08 Å². The molecule has 0 aliphatic carbocycles. The van der Waals surface area contributed by atoms with Gasteiger partial charge in [0.15, 0.2) is 0 Å². The molecule has 3 heteroatoms. The molecule has 13 heavy (non-hydrogen) atoms. The highest BCUT2D eigenvalue weighted by atomic mass is 16.1. The van der Waals surface area contributed by atoms with Crippen LogP contribution in [0.1, 0.15) is 19.5 Å². The van der Waals surface area contributed by atoms with Crippen LogP contribution in [-0.4, -0.2) is 10.9 Å². The molecule has 1 heterocycles. The molecule has 0 unspecified atom stereocenters. The summed E-state index contributed by atoms with van der Waals surface area (Å²) in [4.78, 5) is 14.8. The smallest absolute Gasteiger partial charge is 0.221 e. The molecule has 0 radical (unpaired) electrons. The molecule has 0 bridgehead atoms. The average Bonchev–Trinajstić information content (AvgIpc) is 2.08. The molecule has 0 fully saturated rings. The first-order chi connectivity index (χ1) is 6.22. The fourth-order valence-corrected chi connectivity index (χ4v) is 0.952. The minimum atomic E-state index is -0.0828. The molecular weight excluding hydrogens is 164 g/mol. The summed E-state index contributed by atoms with van der Waals surface area (Å²) < 4.78 is 0. The molecule has 68 valence electrons. The van der Waals surface area contributed by atoms with Gasteiger partial charge >= 0.3 is 0 Å². The highest BCUT2D eigenvalue weighted by molar-refractivity contribution is 5.88. The van der Waals surface area contributed by atoms with Gasteiger partial charge in [-0.3, -0.25) is 9.78 Å². The van der Waals surface area contributed by atoms with E-state index in [-0.39, 0.29) is 5.91 Å². The van der Waals surface area contributed by atoms with Gasteiger partial charge in [-0.1, -0.05) is 6.08 Å². The van der Waals surface area contributed by atoms with Crippen LogP contribution in [0.15, 0.2) is 24.4 Å². The second kappa shape index (κ2) is 4.40. The van der Waals surface area contributed by atoms with E-state index < -0.39 is 0 Å². The lowest BCUT2D eigenvalue weighted by atomic mass is 10.3. The SMILES string of the molecule is CC=Cc1ccc(NC(C)=O)cn1. The predicted octanol–water partition coefficient (Wildman–Crippen LogP) is 2.07. The fraction of sp³-hybridized carbons (Fsp3) is 0.200. The summed E-state index contributed by atoms with van der Waals surface area (Å²) in [7, 11) is 0. The van der Waals surface area contributed by atoms with Crippen molar-refractivity contribution in [1.29, 1.82) is 0 Å². The Labute approximate surface area is 77.5 Å². The van der Waals surface area contributed by atoms with Gasteiger partial charge < -0.3 is 5.32 Å². The molecule has 0 spiro atoms. The van der Waals surface area contributed by atoms with E-state index in [1.54, 1.807) is 6.20 Å². The van der Waals surface area contributed by atoms with E-state index in [2.05, 4.69) is 10.3 Å². The Morgan fingerprint density at radius 2 is 2.31 bits per heavy atom. The molecular formula is C10H12N2O. The Morgan fingerprint density at radius 1 is 1.54 bits per heavy atom. The second-order valence-electron chi connectivity index (χ2n) is 2.65. The van der Waals surface area contributed by atoms with Crippen molar-refractivity contribution in [3.8, 4) is 0 Å². The van der Waals surface area contributed by atoms with Gasteiger partial charge in [0, 0.05) is 6.92 Å². The van der Waals surface area contributed by atoms with Crippen molar-refractivity contribution in [2.45, 2.75) is 13.8 Å². The Balaban J connectivity index is 2.75. The monoisotopic (exact) mass is 176 g/mol. The maximum absolute atomic E-state index is 10.7. The van der Waals surface area contributed by atoms with E-state index >= 15 is 0 Å². The van der Waals surface area contributed by atoms with Gasteiger partial charge in [0.05, 0.1) is 17.6 Å². The first-order valence-electron chi connectivity index (χ1n) is 4.08. The Bertz CT molecular complexity index is 314. The van der Waals surface area contributed by atoms with Crippen LogP contribution < -0.4 is 5.32 Å². The van der Waals surface area contributed by atoms with E-state index in [0.29, 0.717) is 0 Å². The highest BCUT2D eigenvalue weighted by Crippen LogP contribution is 2.06. The van der Waals surface area contributed by atoms with Gasteiger partial charge in [0.25, 0.3) is 0 Å². The fourth-order valence-electron chi connectivity index (χ4n) is 0.952. The maximum atomic E-state index is 10.7. The normalized spacial score (nSPS) is 10.3. The molecule has 0 aromatic carbocycles. The lowest BCUT2D eigenvalue weighted by molar-refractivity contribution is -0.114. The van der Waals surface area contributed by atoms with Crippen molar-refractivity contribution in [1.82, 2.24) is 4.98 Å². The lowest BCUT2D eigenvalue weighted by Crippen LogP contribution is -2.05. The van der Waals surface area contributed by atoms with Crippen molar-refractivity contribution in [2.75, 3.05) is 5.32 Å². The minimum absolute atomic E-state index is 0.0828. The number of carbonyl (C=O) groups excluding carboxylic acids is 1. The van der Waals surface area contributed by atoms with E-state index in [1.807, 2.05) is 31.2 Å². The molecule has 0 saturated carbocycles. The minimum Gasteiger partial charge on any atom is -0.325 e. The number of allylic oxidation sites excluding steroid dienone is 1. The Morgan fingerprint density at radius 3 is 2.77 bits per heavy atom. The number of nitrogens with one attached hydrogen (secondary N) is 1. The van der Waals surface area contributed by atoms with Crippen LogP contribution in [-0.2, 0) is 4.79 Å². The summed E-state index contributed by atoms with van der Waals surface area (Å²) in [5, 5.41) is 2.65. The summed E-state index contributed by atoms with van der Waals surface area (Å²) in [5.41, 5.74) is 1.61. The van der Waals surface area contributed by atoms with E-state index in [1.165, 1.54) is 6.92 Å². The zero-order chi connectivity index (χ0) is 9.68. The van der Waals surface area contributed by atoms with Crippen LogP contribution in [0, 0.1) is 0 Å². The second-order valence-corrected chi connectivity index (χ2v) is 2.65. The van der Waals surface area contributed by atoms with Gasteiger partial charge in [0.1, 0.15) is 0 Å². The first-order valence-corrected chi connectivity index (χ1v) is 4.08. The largest absolute Gasteiger partial charge is 0.325 e. The standard InChI is InChI=1S/C10H12N2O/c1-3-4-9-5-6-10(7-11-9)12-8(2)13/h3-7H,1-2H3,(H,12,13). The van der Waals surface area contributed by atoms with E-state index in [9.17, 15) is 4.79 Å². The summed E-state index contributed by atoms with van der Waals surface area (Å²) in [5.74, 6) is -0.0828. The molecule has 0 atom stereocenters. The summed E-state index contributed by atoms with van der Waals surface area (Å²) in [6, 6.07) is 3.68.